The van der Waals surface area contributed by atoms with E-state index in [9.17, 15) is 0 Å². The van der Waals surface area contributed by atoms with Crippen LogP contribution in [0, 0.1) is 5.92 Å². The van der Waals surface area contributed by atoms with Gasteiger partial charge >= 0.3 is 0 Å². The molecule has 1 aliphatic heterocycles. The van der Waals surface area contributed by atoms with E-state index in [4.69, 9.17) is 5.73 Å². The minimum Gasteiger partial charge on any atom is -0.375 e. The van der Waals surface area contributed by atoms with Gasteiger partial charge in [-0.15, -0.1) is 36.2 Å². The average molecular weight is 327 g/mol. The molecule has 0 unspecified atom stereocenters. The quantitative estimate of drug-likeness (QED) is 0.872. The fourth-order valence-corrected chi connectivity index (χ4v) is 3.04. The summed E-state index contributed by atoms with van der Waals surface area (Å²) in [6.45, 7) is 7.85. The van der Waals surface area contributed by atoms with Gasteiger partial charge in [0.2, 0.25) is 0 Å². The van der Waals surface area contributed by atoms with Gasteiger partial charge in [-0.2, -0.15) is 0 Å². The Labute approximate surface area is 132 Å². The van der Waals surface area contributed by atoms with Gasteiger partial charge in [0.15, 0.2) is 5.13 Å². The van der Waals surface area contributed by atoms with Crippen LogP contribution in [-0.4, -0.2) is 36.1 Å². The average Bonchev–Trinajstić information content (AvgIpc) is 2.74. The van der Waals surface area contributed by atoms with Crippen molar-refractivity contribution in [1.82, 2.24) is 15.2 Å². The molecule has 1 fully saturated rings. The Morgan fingerprint density at radius 2 is 2.11 bits per heavy atom. The normalized spacial score (nSPS) is 16.7. The fraction of sp³-hybridized carbons (Fsp3) is 0.750. The summed E-state index contributed by atoms with van der Waals surface area (Å²) in [5.74, 6) is 0.859. The van der Waals surface area contributed by atoms with E-state index >= 15 is 0 Å². The van der Waals surface area contributed by atoms with Crippen LogP contribution >= 0.6 is 36.2 Å². The standard InChI is InChI=1S/C12H22N4S.2ClH/c1-2-14-7-10-3-5-16(6-4-10)9-11-8-15-12(13)17-11;;/h8,10,14H,2-7,9H2,1H3,(H2,13,15);2*1H. The molecule has 2 rings (SSSR count). The van der Waals surface area contributed by atoms with E-state index in [1.54, 1.807) is 11.3 Å². The van der Waals surface area contributed by atoms with Crippen molar-refractivity contribution in [2.24, 2.45) is 5.92 Å². The number of likely N-dealkylation sites (tertiary alicyclic amines) is 1. The molecule has 0 bridgehead atoms. The van der Waals surface area contributed by atoms with Gasteiger partial charge in [0.05, 0.1) is 0 Å². The van der Waals surface area contributed by atoms with E-state index in [1.165, 1.54) is 37.4 Å². The van der Waals surface area contributed by atoms with Crippen LogP contribution < -0.4 is 11.1 Å². The Morgan fingerprint density at radius 3 is 2.63 bits per heavy atom. The predicted octanol–water partition coefficient (Wildman–Crippen LogP) is 2.39. The number of hydrogen-bond acceptors (Lipinski definition) is 5. The molecule has 19 heavy (non-hydrogen) atoms. The molecule has 0 aliphatic carbocycles. The molecule has 0 atom stereocenters. The number of anilines is 1. The smallest absolute Gasteiger partial charge is 0.180 e. The van der Waals surface area contributed by atoms with Crippen molar-refractivity contribution in [1.29, 1.82) is 0 Å². The van der Waals surface area contributed by atoms with Crippen LogP contribution in [0.4, 0.5) is 5.13 Å². The first-order chi connectivity index (χ1) is 8.28. The van der Waals surface area contributed by atoms with Crippen LogP contribution in [0.1, 0.15) is 24.6 Å². The summed E-state index contributed by atoms with van der Waals surface area (Å²) in [5, 5.41) is 4.13. The summed E-state index contributed by atoms with van der Waals surface area (Å²) < 4.78 is 0. The lowest BCUT2D eigenvalue weighted by Gasteiger charge is -2.31. The molecule has 112 valence electrons. The maximum absolute atomic E-state index is 5.64. The number of nitrogens with zero attached hydrogens (tertiary/aromatic N) is 2. The van der Waals surface area contributed by atoms with Crippen molar-refractivity contribution in [2.75, 3.05) is 31.9 Å². The lowest BCUT2D eigenvalue weighted by Crippen LogP contribution is -2.36. The molecule has 1 aromatic heterocycles. The van der Waals surface area contributed by atoms with Gasteiger partial charge in [0.25, 0.3) is 0 Å². The molecular formula is C12H24Cl2N4S. The number of aromatic nitrogens is 1. The number of halogens is 2. The zero-order chi connectivity index (χ0) is 12.1. The van der Waals surface area contributed by atoms with E-state index in [1.807, 2.05) is 6.20 Å². The van der Waals surface area contributed by atoms with Crippen molar-refractivity contribution in [3.05, 3.63) is 11.1 Å². The maximum Gasteiger partial charge on any atom is 0.180 e. The van der Waals surface area contributed by atoms with Gasteiger partial charge in [-0.25, -0.2) is 4.98 Å². The molecule has 0 amide bonds. The Kier molecular flexibility index (Phi) is 9.74. The highest BCUT2D eigenvalue weighted by Gasteiger charge is 2.19. The zero-order valence-electron chi connectivity index (χ0n) is 11.3. The molecule has 0 radical (unpaired) electrons. The topological polar surface area (TPSA) is 54.2 Å². The van der Waals surface area contributed by atoms with Gasteiger partial charge < -0.3 is 11.1 Å². The molecule has 0 aromatic carbocycles. The molecular weight excluding hydrogens is 303 g/mol. The van der Waals surface area contributed by atoms with Crippen LogP contribution in [0.25, 0.3) is 0 Å². The Morgan fingerprint density at radius 1 is 1.42 bits per heavy atom. The predicted molar refractivity (Wildman–Crippen MR) is 87.6 cm³/mol. The Balaban J connectivity index is 0.00000162. The fourth-order valence-electron chi connectivity index (χ4n) is 2.31. The molecule has 0 spiro atoms. The van der Waals surface area contributed by atoms with Crippen molar-refractivity contribution in [2.45, 2.75) is 26.3 Å². The molecule has 1 aliphatic rings. The Bertz CT molecular complexity index is 340. The number of nitrogens with two attached hydrogens (primary N) is 1. The summed E-state index contributed by atoms with van der Waals surface area (Å²) in [6, 6.07) is 0. The Hall–Kier alpha value is -0.0700. The second kappa shape index (κ2) is 9.77. The molecule has 0 saturated carbocycles. The molecule has 4 nitrogen and oxygen atoms in total. The number of hydrogen-bond donors (Lipinski definition) is 2. The second-order valence-corrected chi connectivity index (χ2v) is 5.84. The van der Waals surface area contributed by atoms with Crippen molar-refractivity contribution in [3.63, 3.8) is 0 Å². The monoisotopic (exact) mass is 326 g/mol. The van der Waals surface area contributed by atoms with Crippen LogP contribution in [0.15, 0.2) is 6.20 Å². The summed E-state index contributed by atoms with van der Waals surface area (Å²) in [7, 11) is 0. The van der Waals surface area contributed by atoms with Gasteiger partial charge in [-0.3, -0.25) is 4.90 Å². The number of nitrogens with one attached hydrogen (secondary N) is 1. The first-order valence-electron chi connectivity index (χ1n) is 6.41. The van der Waals surface area contributed by atoms with Gasteiger partial charge in [-0.05, 0) is 44.9 Å². The molecule has 7 heteroatoms. The second-order valence-electron chi connectivity index (χ2n) is 4.69. The summed E-state index contributed by atoms with van der Waals surface area (Å²) in [5.41, 5.74) is 5.64. The number of rotatable bonds is 5. The molecule has 3 N–H and O–H groups in total. The molecule has 1 saturated heterocycles. The summed E-state index contributed by atoms with van der Waals surface area (Å²) in [6.07, 6.45) is 4.52. The lowest BCUT2D eigenvalue weighted by atomic mass is 9.97. The van der Waals surface area contributed by atoms with Crippen LogP contribution in [0.5, 0.6) is 0 Å². The first kappa shape index (κ1) is 18.9. The SMILES string of the molecule is CCNCC1CCN(Cc2cnc(N)s2)CC1.Cl.Cl. The van der Waals surface area contributed by atoms with E-state index in [2.05, 4.69) is 22.1 Å². The highest BCUT2D eigenvalue weighted by Crippen LogP contribution is 2.21. The third-order valence-corrected chi connectivity index (χ3v) is 4.15. The van der Waals surface area contributed by atoms with E-state index in [0.29, 0.717) is 5.13 Å². The minimum absolute atomic E-state index is 0. The van der Waals surface area contributed by atoms with E-state index in [-0.39, 0.29) is 24.8 Å². The third-order valence-electron chi connectivity index (χ3n) is 3.34. The van der Waals surface area contributed by atoms with Gasteiger partial charge in [0, 0.05) is 17.6 Å². The highest BCUT2D eigenvalue weighted by atomic mass is 35.5. The summed E-state index contributed by atoms with van der Waals surface area (Å²) >= 11 is 1.61. The number of nitrogen functional groups attached to an aromatic ring is 1. The third kappa shape index (κ3) is 6.27. The number of piperidine rings is 1. The van der Waals surface area contributed by atoms with E-state index < -0.39 is 0 Å². The van der Waals surface area contributed by atoms with Crippen LogP contribution in [-0.2, 0) is 6.54 Å². The molecule has 1 aromatic rings. The lowest BCUT2D eigenvalue weighted by molar-refractivity contribution is 0.177. The van der Waals surface area contributed by atoms with Gasteiger partial charge in [0.1, 0.15) is 0 Å². The van der Waals surface area contributed by atoms with Gasteiger partial charge in [-0.1, -0.05) is 6.92 Å². The highest BCUT2D eigenvalue weighted by molar-refractivity contribution is 7.15. The van der Waals surface area contributed by atoms with Crippen LogP contribution in [0.3, 0.4) is 0 Å². The number of thiazole rings is 1. The summed E-state index contributed by atoms with van der Waals surface area (Å²) in [4.78, 5) is 7.89. The van der Waals surface area contributed by atoms with Crippen molar-refractivity contribution >= 4 is 41.3 Å². The molecule has 2 heterocycles. The van der Waals surface area contributed by atoms with E-state index in [0.717, 1.165) is 19.0 Å². The largest absolute Gasteiger partial charge is 0.375 e. The first-order valence-corrected chi connectivity index (χ1v) is 7.23. The van der Waals surface area contributed by atoms with Crippen LogP contribution in [0.2, 0.25) is 0 Å². The zero-order valence-corrected chi connectivity index (χ0v) is 13.8. The maximum atomic E-state index is 5.64. The van der Waals surface area contributed by atoms with Crippen molar-refractivity contribution < 1.29 is 0 Å². The minimum atomic E-state index is 0. The van der Waals surface area contributed by atoms with Crippen molar-refractivity contribution in [3.8, 4) is 0 Å².